The lowest BCUT2D eigenvalue weighted by Crippen LogP contribution is -2.49. The molecule has 0 heterocycles. The first kappa shape index (κ1) is 20.6. The monoisotopic (exact) mass is 374 g/mol. The molecule has 0 aliphatic heterocycles. The SMILES string of the molecule is CCNC(=O)[C@@H](CC)N(Cc1ccc(F)cc1)C(=O)Cc1ccccc1F. The van der Waals surface area contributed by atoms with Gasteiger partial charge in [-0.15, -0.1) is 0 Å². The minimum absolute atomic E-state index is 0.142. The number of halogens is 2. The number of rotatable bonds is 8. The second-order valence-electron chi connectivity index (χ2n) is 6.23. The van der Waals surface area contributed by atoms with Crippen molar-refractivity contribution in [3.8, 4) is 0 Å². The largest absolute Gasteiger partial charge is 0.355 e. The molecule has 2 rings (SSSR count). The molecule has 0 saturated carbocycles. The molecule has 0 spiro atoms. The Morgan fingerprint density at radius 3 is 2.30 bits per heavy atom. The Kier molecular flexibility index (Phi) is 7.46. The normalized spacial score (nSPS) is 11.7. The summed E-state index contributed by atoms with van der Waals surface area (Å²) < 4.78 is 27.1. The molecular formula is C21H24F2N2O2. The van der Waals surface area contributed by atoms with Crippen molar-refractivity contribution in [1.82, 2.24) is 10.2 Å². The van der Waals surface area contributed by atoms with Crippen molar-refractivity contribution in [2.45, 2.75) is 39.3 Å². The van der Waals surface area contributed by atoms with Crippen molar-refractivity contribution >= 4 is 11.8 Å². The molecule has 0 bridgehead atoms. The Hall–Kier alpha value is -2.76. The molecule has 6 heteroatoms. The van der Waals surface area contributed by atoms with Crippen LogP contribution in [0.3, 0.4) is 0 Å². The average Bonchev–Trinajstić information content (AvgIpc) is 2.65. The Morgan fingerprint density at radius 1 is 1.04 bits per heavy atom. The molecular weight excluding hydrogens is 350 g/mol. The van der Waals surface area contributed by atoms with Crippen LogP contribution in [0.1, 0.15) is 31.4 Å². The van der Waals surface area contributed by atoms with Gasteiger partial charge in [0, 0.05) is 13.1 Å². The first-order valence-electron chi connectivity index (χ1n) is 9.01. The summed E-state index contributed by atoms with van der Waals surface area (Å²) in [7, 11) is 0. The van der Waals surface area contributed by atoms with Crippen LogP contribution in [0.15, 0.2) is 48.5 Å². The smallest absolute Gasteiger partial charge is 0.242 e. The molecule has 0 unspecified atom stereocenters. The molecule has 0 aliphatic carbocycles. The van der Waals surface area contributed by atoms with Crippen LogP contribution in [0, 0.1) is 11.6 Å². The number of likely N-dealkylation sites (N-methyl/N-ethyl adjacent to an activating group) is 1. The predicted octanol–water partition coefficient (Wildman–Crippen LogP) is 3.45. The zero-order valence-electron chi connectivity index (χ0n) is 15.5. The van der Waals surface area contributed by atoms with Crippen LogP contribution in [0.25, 0.3) is 0 Å². The summed E-state index contributed by atoms with van der Waals surface area (Å²) in [6.07, 6.45) is 0.264. The zero-order valence-corrected chi connectivity index (χ0v) is 15.5. The molecule has 27 heavy (non-hydrogen) atoms. The van der Waals surface area contributed by atoms with E-state index in [1.165, 1.54) is 23.1 Å². The molecule has 1 N–H and O–H groups in total. The fraction of sp³-hybridized carbons (Fsp3) is 0.333. The van der Waals surface area contributed by atoms with Gasteiger partial charge >= 0.3 is 0 Å². The van der Waals surface area contributed by atoms with E-state index in [0.29, 0.717) is 18.5 Å². The number of nitrogens with one attached hydrogen (secondary N) is 1. The fourth-order valence-electron chi connectivity index (χ4n) is 2.90. The van der Waals surface area contributed by atoms with Gasteiger partial charge in [0.15, 0.2) is 0 Å². The lowest BCUT2D eigenvalue weighted by atomic mass is 10.1. The number of hydrogen-bond acceptors (Lipinski definition) is 2. The van der Waals surface area contributed by atoms with Crippen LogP contribution in [0.2, 0.25) is 0 Å². The number of nitrogens with zero attached hydrogens (tertiary/aromatic N) is 1. The maximum absolute atomic E-state index is 14.0. The van der Waals surface area contributed by atoms with Gasteiger partial charge in [0.25, 0.3) is 0 Å². The second-order valence-corrected chi connectivity index (χ2v) is 6.23. The minimum atomic E-state index is -0.686. The van der Waals surface area contributed by atoms with Gasteiger partial charge in [-0.2, -0.15) is 0 Å². The quantitative estimate of drug-likeness (QED) is 0.769. The highest BCUT2D eigenvalue weighted by Gasteiger charge is 2.28. The van der Waals surface area contributed by atoms with E-state index in [2.05, 4.69) is 5.32 Å². The highest BCUT2D eigenvalue weighted by atomic mass is 19.1. The molecule has 2 aromatic carbocycles. The highest BCUT2D eigenvalue weighted by Crippen LogP contribution is 2.16. The van der Waals surface area contributed by atoms with Crippen LogP contribution in [0.4, 0.5) is 8.78 Å². The topological polar surface area (TPSA) is 49.4 Å². The molecule has 0 fully saturated rings. The van der Waals surface area contributed by atoms with E-state index in [9.17, 15) is 18.4 Å². The Labute approximate surface area is 158 Å². The van der Waals surface area contributed by atoms with Crippen LogP contribution in [-0.2, 0) is 22.6 Å². The van der Waals surface area contributed by atoms with E-state index >= 15 is 0 Å². The lowest BCUT2D eigenvalue weighted by Gasteiger charge is -2.30. The van der Waals surface area contributed by atoms with Gasteiger partial charge in [-0.25, -0.2) is 8.78 Å². The predicted molar refractivity (Wildman–Crippen MR) is 99.8 cm³/mol. The van der Waals surface area contributed by atoms with Crippen molar-refractivity contribution in [2.75, 3.05) is 6.54 Å². The number of carbonyl (C=O) groups excluding carboxylic acids is 2. The molecule has 0 saturated heterocycles. The van der Waals surface area contributed by atoms with Crippen molar-refractivity contribution in [3.05, 3.63) is 71.3 Å². The van der Waals surface area contributed by atoms with E-state index in [1.807, 2.05) is 6.92 Å². The molecule has 1 atom stereocenters. The molecule has 2 amide bonds. The van der Waals surface area contributed by atoms with E-state index in [0.717, 1.165) is 0 Å². The summed E-state index contributed by atoms with van der Waals surface area (Å²) in [6, 6.07) is 11.1. The standard InChI is InChI=1S/C21H24F2N2O2/c1-3-19(21(27)24-4-2)25(14-15-9-11-17(22)12-10-15)20(26)13-16-7-5-6-8-18(16)23/h5-12,19H,3-4,13-14H2,1-2H3,(H,24,27)/t19-/m1/s1. The third-order valence-corrected chi connectivity index (χ3v) is 4.30. The van der Waals surface area contributed by atoms with Crippen molar-refractivity contribution in [1.29, 1.82) is 0 Å². The van der Waals surface area contributed by atoms with Gasteiger partial charge in [0.05, 0.1) is 6.42 Å². The van der Waals surface area contributed by atoms with Crippen LogP contribution < -0.4 is 5.32 Å². The summed E-state index contributed by atoms with van der Waals surface area (Å²) in [5.41, 5.74) is 0.971. The van der Waals surface area contributed by atoms with Gasteiger partial charge < -0.3 is 10.2 Å². The first-order valence-corrected chi connectivity index (χ1v) is 9.01. The maximum atomic E-state index is 14.0. The Balaban J connectivity index is 2.29. The van der Waals surface area contributed by atoms with Gasteiger partial charge in [0.1, 0.15) is 17.7 Å². The van der Waals surface area contributed by atoms with Crippen molar-refractivity contribution in [3.63, 3.8) is 0 Å². The van der Waals surface area contributed by atoms with E-state index < -0.39 is 11.9 Å². The molecule has 2 aromatic rings. The van der Waals surface area contributed by atoms with Crippen molar-refractivity contribution in [2.24, 2.45) is 0 Å². The van der Waals surface area contributed by atoms with Gasteiger partial charge in [0.2, 0.25) is 11.8 Å². The molecule has 0 aromatic heterocycles. The fourth-order valence-corrected chi connectivity index (χ4v) is 2.90. The van der Waals surface area contributed by atoms with Crippen molar-refractivity contribution < 1.29 is 18.4 Å². The van der Waals surface area contributed by atoms with E-state index in [-0.39, 0.29) is 36.2 Å². The minimum Gasteiger partial charge on any atom is -0.355 e. The summed E-state index contributed by atoms with van der Waals surface area (Å²) in [5, 5.41) is 2.74. The van der Waals surface area contributed by atoms with Gasteiger partial charge in [-0.3, -0.25) is 9.59 Å². The van der Waals surface area contributed by atoms with E-state index in [4.69, 9.17) is 0 Å². The van der Waals surface area contributed by atoms with Crippen LogP contribution in [-0.4, -0.2) is 29.3 Å². The summed E-state index contributed by atoms with van der Waals surface area (Å²) in [6.45, 7) is 4.20. The number of amides is 2. The molecule has 4 nitrogen and oxygen atoms in total. The Morgan fingerprint density at radius 2 is 1.70 bits per heavy atom. The third kappa shape index (κ3) is 5.61. The molecule has 0 aliphatic rings. The van der Waals surface area contributed by atoms with Gasteiger partial charge in [-0.1, -0.05) is 37.3 Å². The zero-order chi connectivity index (χ0) is 19.8. The first-order chi connectivity index (χ1) is 13.0. The van der Waals surface area contributed by atoms with Gasteiger partial charge in [-0.05, 0) is 42.7 Å². The molecule has 0 radical (unpaired) electrons. The summed E-state index contributed by atoms with van der Waals surface area (Å²) in [5.74, 6) is -1.45. The summed E-state index contributed by atoms with van der Waals surface area (Å²) >= 11 is 0. The number of hydrogen-bond donors (Lipinski definition) is 1. The second kappa shape index (κ2) is 9.80. The van der Waals surface area contributed by atoms with E-state index in [1.54, 1.807) is 37.3 Å². The van der Waals surface area contributed by atoms with Crippen LogP contribution >= 0.6 is 0 Å². The van der Waals surface area contributed by atoms with Crippen LogP contribution in [0.5, 0.6) is 0 Å². The number of carbonyl (C=O) groups is 2. The summed E-state index contributed by atoms with van der Waals surface area (Å²) in [4.78, 5) is 26.8. The molecule has 144 valence electrons. The number of benzene rings is 2. The highest BCUT2D eigenvalue weighted by molar-refractivity contribution is 5.88. The lowest BCUT2D eigenvalue weighted by molar-refractivity contribution is -0.140. The Bertz CT molecular complexity index is 778. The third-order valence-electron chi connectivity index (χ3n) is 4.30. The average molecular weight is 374 g/mol. The maximum Gasteiger partial charge on any atom is 0.242 e.